The largest absolute Gasteiger partial charge is 0.490 e. The molecule has 1 saturated heterocycles. The van der Waals surface area contributed by atoms with Crippen LogP contribution in [0, 0.1) is 17.8 Å². The number of carbonyl (C=O) groups is 1. The van der Waals surface area contributed by atoms with Crippen LogP contribution >= 0.6 is 11.6 Å². The van der Waals surface area contributed by atoms with Crippen molar-refractivity contribution in [2.45, 2.75) is 102 Å². The molecular formula is C38H51ClN4O4S. The van der Waals surface area contributed by atoms with Gasteiger partial charge in [-0.25, -0.2) is 4.21 Å². The molecule has 7 atom stereocenters. The molecule has 0 aromatic heterocycles. The van der Waals surface area contributed by atoms with E-state index in [0.717, 1.165) is 99.8 Å². The summed E-state index contributed by atoms with van der Waals surface area (Å²) >= 11 is 6.48. The van der Waals surface area contributed by atoms with Crippen LogP contribution < -0.4 is 14.4 Å². The van der Waals surface area contributed by atoms with Crippen molar-refractivity contribution < 1.29 is 18.6 Å². The molecule has 8 nitrogen and oxygen atoms in total. The first-order valence-corrected chi connectivity index (χ1v) is 19.8. The molecule has 48 heavy (non-hydrogen) atoms. The Balaban J connectivity index is 1.24. The highest BCUT2D eigenvalue weighted by Gasteiger charge is 2.45. The van der Waals surface area contributed by atoms with E-state index in [9.17, 15) is 9.00 Å². The second kappa shape index (κ2) is 14.2. The number of carbonyl (C=O) groups excluding carboxylic acids is 1. The topological polar surface area (TPSA) is 83.5 Å². The Bertz CT molecular complexity index is 1560. The van der Waals surface area contributed by atoms with E-state index < -0.39 is 11.0 Å². The summed E-state index contributed by atoms with van der Waals surface area (Å²) in [6.07, 6.45) is 10.6. The molecule has 1 amide bonds. The first-order valence-electron chi connectivity index (χ1n) is 18.2. The van der Waals surface area contributed by atoms with Gasteiger partial charge >= 0.3 is 0 Å². The van der Waals surface area contributed by atoms with Gasteiger partial charge in [0.1, 0.15) is 28.7 Å². The van der Waals surface area contributed by atoms with Gasteiger partial charge in [-0.3, -0.25) is 9.52 Å². The van der Waals surface area contributed by atoms with Gasteiger partial charge in [-0.2, -0.15) is 0 Å². The van der Waals surface area contributed by atoms with Crippen molar-refractivity contribution in [1.82, 2.24) is 9.62 Å². The Labute approximate surface area is 293 Å². The van der Waals surface area contributed by atoms with Gasteiger partial charge in [0.2, 0.25) is 0 Å². The molecule has 1 saturated carbocycles. The molecule has 6 unspecified atom stereocenters. The monoisotopic (exact) mass is 694 g/mol. The third-order valence-electron chi connectivity index (χ3n) is 12.1. The Morgan fingerprint density at radius 2 is 1.90 bits per heavy atom. The molecular weight excluding hydrogens is 644 g/mol. The van der Waals surface area contributed by atoms with Crippen LogP contribution in [0.3, 0.4) is 0 Å². The second-order valence-corrected chi connectivity index (χ2v) is 17.1. The summed E-state index contributed by atoms with van der Waals surface area (Å²) in [5.74, 6) is 2.48. The number of hydrogen-bond acceptors (Lipinski definition) is 6. The zero-order chi connectivity index (χ0) is 33.4. The fourth-order valence-corrected chi connectivity index (χ4v) is 10.0. The first kappa shape index (κ1) is 33.7. The van der Waals surface area contributed by atoms with E-state index in [4.69, 9.17) is 26.3 Å². The highest BCUT2D eigenvalue weighted by atomic mass is 35.5. The fraction of sp³-hybridized carbons (Fsp3) is 0.632. The molecule has 0 radical (unpaired) electrons. The maximum atomic E-state index is 13.5. The van der Waals surface area contributed by atoms with Gasteiger partial charge in [-0.15, -0.1) is 0 Å². The van der Waals surface area contributed by atoms with Gasteiger partial charge in [-0.05, 0) is 131 Å². The summed E-state index contributed by atoms with van der Waals surface area (Å²) in [7, 11) is -1.50. The number of oxime groups is 1. The van der Waals surface area contributed by atoms with Gasteiger partial charge in [-0.1, -0.05) is 29.7 Å². The first-order chi connectivity index (χ1) is 23.2. The number of anilines is 1. The molecule has 2 aliphatic carbocycles. The molecule has 7 rings (SSSR count). The zero-order valence-corrected chi connectivity index (χ0v) is 30.3. The van der Waals surface area contributed by atoms with Crippen molar-refractivity contribution in [3.05, 3.63) is 58.1 Å². The standard InChI is InChI=1S/C38H51ClN4O4S/c1-25-8-6-10-35(47-40-27(3)42-18-4-5-19-42)32-14-11-30(32)22-43-23-38(17-7-9-28-20-31(39)13-15-33(28)38)24-46-36-16-12-29(21-34(36)43)37(44)41-48(45)26(25)2/h12-13,15-16,20-21,25-26,30,32,35H,4-11,14,17-19,22-24H2,1-3H3,(H,41,44)/b40-27+/t25?,26?,30?,32?,35?,38-,48?/m0/s1. The lowest BCUT2D eigenvalue weighted by molar-refractivity contribution is -0.0470. The molecule has 1 spiro atoms. The van der Waals surface area contributed by atoms with Crippen molar-refractivity contribution in [2.75, 3.05) is 37.7 Å². The van der Waals surface area contributed by atoms with Crippen LogP contribution in [-0.4, -0.2) is 65.0 Å². The van der Waals surface area contributed by atoms with Crippen molar-refractivity contribution in [3.63, 3.8) is 0 Å². The van der Waals surface area contributed by atoms with Crippen molar-refractivity contribution >= 4 is 40.0 Å². The minimum Gasteiger partial charge on any atom is -0.490 e. The van der Waals surface area contributed by atoms with E-state index >= 15 is 0 Å². The molecule has 3 heterocycles. The minimum absolute atomic E-state index is 0.0301. The van der Waals surface area contributed by atoms with Gasteiger partial charge in [0, 0.05) is 48.1 Å². The van der Waals surface area contributed by atoms with Crippen LogP contribution in [0.1, 0.15) is 100 Å². The van der Waals surface area contributed by atoms with Crippen LogP contribution in [0.4, 0.5) is 5.69 Å². The second-order valence-electron chi connectivity index (χ2n) is 15.1. The average molecular weight is 695 g/mol. The number of nitrogens with zero attached hydrogens (tertiary/aromatic N) is 3. The van der Waals surface area contributed by atoms with Gasteiger partial charge < -0.3 is 19.4 Å². The average Bonchev–Trinajstić information content (AvgIpc) is 3.57. The Hall–Kier alpha value is -2.78. The lowest BCUT2D eigenvalue weighted by atomic mass is 9.68. The number of nitrogens with one attached hydrogen (secondary N) is 1. The molecule has 260 valence electrons. The molecule has 2 fully saturated rings. The SMILES string of the molecule is C/C(=N\OC1CCCC(C)C(C)S(=O)NC(=O)c2ccc3c(c2)N(CC2CCC21)C[C@@]1(CCCc2cc(Cl)ccc21)CO3)N1CCCC1. The number of hydrogen-bond donors (Lipinski definition) is 1. The lowest BCUT2D eigenvalue weighted by Gasteiger charge is -2.46. The van der Waals surface area contributed by atoms with Crippen molar-refractivity contribution in [3.8, 4) is 5.75 Å². The van der Waals surface area contributed by atoms with E-state index in [1.165, 1.54) is 24.0 Å². The summed E-state index contributed by atoms with van der Waals surface area (Å²) < 4.78 is 22.9. The maximum Gasteiger partial charge on any atom is 0.263 e. The van der Waals surface area contributed by atoms with E-state index in [0.29, 0.717) is 24.0 Å². The Kier molecular flexibility index (Phi) is 9.98. The molecule has 2 aromatic rings. The quantitative estimate of drug-likeness (QED) is 0.203. The van der Waals surface area contributed by atoms with Crippen LogP contribution in [-0.2, 0) is 27.7 Å². The van der Waals surface area contributed by atoms with Gasteiger partial charge in [0.05, 0.1) is 17.5 Å². The Morgan fingerprint density at radius 3 is 2.69 bits per heavy atom. The summed E-state index contributed by atoms with van der Waals surface area (Å²) in [6.45, 7) is 10.5. The number of aryl methyl sites for hydroxylation is 1. The number of fused-ring (bicyclic) bond motifs is 4. The van der Waals surface area contributed by atoms with Gasteiger partial charge in [0.25, 0.3) is 5.91 Å². The predicted molar refractivity (Wildman–Crippen MR) is 193 cm³/mol. The lowest BCUT2D eigenvalue weighted by Crippen LogP contribution is -2.50. The predicted octanol–water partition coefficient (Wildman–Crippen LogP) is 7.26. The normalized spacial score (nSPS) is 32.8. The molecule has 2 aromatic carbocycles. The number of halogens is 1. The number of amidine groups is 1. The zero-order valence-electron chi connectivity index (χ0n) is 28.7. The third-order valence-corrected chi connectivity index (χ3v) is 13.8. The highest BCUT2D eigenvalue weighted by Crippen LogP contribution is 2.47. The van der Waals surface area contributed by atoms with Crippen molar-refractivity contribution in [2.24, 2.45) is 22.9 Å². The number of benzene rings is 2. The smallest absolute Gasteiger partial charge is 0.263 e. The van der Waals surface area contributed by atoms with E-state index in [1.54, 1.807) is 0 Å². The van der Waals surface area contributed by atoms with Crippen LogP contribution in [0.25, 0.3) is 0 Å². The number of likely N-dealkylation sites (tertiary alicyclic amines) is 1. The molecule has 1 N–H and O–H groups in total. The van der Waals surface area contributed by atoms with Crippen LogP contribution in [0.2, 0.25) is 5.02 Å². The van der Waals surface area contributed by atoms with Crippen molar-refractivity contribution in [1.29, 1.82) is 0 Å². The van der Waals surface area contributed by atoms with E-state index in [-0.39, 0.29) is 28.6 Å². The highest BCUT2D eigenvalue weighted by molar-refractivity contribution is 7.84. The number of ether oxygens (including phenoxy) is 1. The van der Waals surface area contributed by atoms with E-state index in [2.05, 4.69) is 40.5 Å². The summed E-state index contributed by atoms with van der Waals surface area (Å²) in [6, 6.07) is 12.0. The molecule has 10 heteroatoms. The minimum atomic E-state index is -1.50. The maximum absolute atomic E-state index is 13.5. The van der Waals surface area contributed by atoms with E-state index in [1.807, 2.05) is 31.2 Å². The molecule has 3 aliphatic heterocycles. The van der Waals surface area contributed by atoms with Crippen LogP contribution in [0.5, 0.6) is 5.75 Å². The molecule has 2 bridgehead atoms. The number of amides is 1. The summed E-state index contributed by atoms with van der Waals surface area (Å²) in [4.78, 5) is 24.9. The summed E-state index contributed by atoms with van der Waals surface area (Å²) in [5, 5.41) is 5.34. The van der Waals surface area contributed by atoms with Crippen LogP contribution in [0.15, 0.2) is 41.6 Å². The van der Waals surface area contributed by atoms with Gasteiger partial charge in [0.15, 0.2) is 0 Å². The number of rotatable bonds is 2. The Morgan fingerprint density at radius 1 is 1.06 bits per heavy atom. The fourth-order valence-electron chi connectivity index (χ4n) is 8.77. The molecule has 5 aliphatic rings. The summed E-state index contributed by atoms with van der Waals surface area (Å²) in [5.41, 5.74) is 3.88. The third kappa shape index (κ3) is 6.83.